The summed E-state index contributed by atoms with van der Waals surface area (Å²) in [6, 6.07) is 3.53. The quantitative estimate of drug-likeness (QED) is 0.699. The topological polar surface area (TPSA) is 43.6 Å². The van der Waals surface area contributed by atoms with Crippen molar-refractivity contribution in [3.8, 4) is 0 Å². The van der Waals surface area contributed by atoms with Crippen LogP contribution < -0.4 is 0 Å². The molecule has 0 saturated heterocycles. The first kappa shape index (κ1) is 9.71. The molecule has 4 heteroatoms. The molecule has 2 aromatic rings. The van der Waals surface area contributed by atoms with E-state index in [1.165, 1.54) is 7.11 Å². The van der Waals surface area contributed by atoms with Crippen molar-refractivity contribution < 1.29 is 9.53 Å². The number of carbonyl (C=O) groups excluding carboxylic acids is 1. The Morgan fingerprint density at radius 3 is 2.93 bits per heavy atom. The third kappa shape index (κ3) is 1.70. The minimum atomic E-state index is -0.330. The lowest BCUT2D eigenvalue weighted by Crippen LogP contribution is -2.02. The van der Waals surface area contributed by atoms with Crippen molar-refractivity contribution in [3.05, 3.63) is 35.8 Å². The summed E-state index contributed by atoms with van der Waals surface area (Å²) in [5.41, 5.74) is 2.39. The summed E-state index contributed by atoms with van der Waals surface area (Å²) in [4.78, 5) is 15.6. The maximum Gasteiger partial charge on any atom is 0.339 e. The van der Waals surface area contributed by atoms with Crippen LogP contribution in [0.2, 0.25) is 0 Å². The van der Waals surface area contributed by atoms with Gasteiger partial charge in [-0.1, -0.05) is 6.92 Å². The van der Waals surface area contributed by atoms with Crippen LogP contribution in [0.3, 0.4) is 0 Å². The maximum atomic E-state index is 11.3. The zero-order chi connectivity index (χ0) is 10.8. The molecule has 2 heterocycles. The highest BCUT2D eigenvalue weighted by atomic mass is 16.5. The number of hydrogen-bond acceptors (Lipinski definition) is 3. The number of esters is 1. The van der Waals surface area contributed by atoms with Gasteiger partial charge in [0.25, 0.3) is 0 Å². The fraction of sp³-hybridized carbons (Fsp3) is 0.273. The molecule has 0 amide bonds. The van der Waals surface area contributed by atoms with Crippen molar-refractivity contribution in [1.29, 1.82) is 0 Å². The fourth-order valence-corrected chi connectivity index (χ4v) is 1.45. The molecule has 0 aliphatic carbocycles. The van der Waals surface area contributed by atoms with Crippen molar-refractivity contribution >= 4 is 11.6 Å². The predicted molar refractivity (Wildman–Crippen MR) is 55.9 cm³/mol. The molecule has 0 radical (unpaired) electrons. The monoisotopic (exact) mass is 204 g/mol. The van der Waals surface area contributed by atoms with Gasteiger partial charge in [-0.25, -0.2) is 9.78 Å². The van der Waals surface area contributed by atoms with Crippen molar-refractivity contribution in [2.75, 3.05) is 7.11 Å². The molecule has 2 aromatic heterocycles. The Morgan fingerprint density at radius 2 is 2.27 bits per heavy atom. The second kappa shape index (κ2) is 3.73. The van der Waals surface area contributed by atoms with Crippen molar-refractivity contribution in [2.45, 2.75) is 13.3 Å². The van der Waals surface area contributed by atoms with Crippen LogP contribution in [-0.4, -0.2) is 22.5 Å². The summed E-state index contributed by atoms with van der Waals surface area (Å²) in [5.74, 6) is -0.330. The molecule has 4 nitrogen and oxygen atoms in total. The Balaban J connectivity index is 2.50. The highest BCUT2D eigenvalue weighted by molar-refractivity contribution is 5.89. The molecule has 0 unspecified atom stereocenters. The third-order valence-corrected chi connectivity index (χ3v) is 2.28. The van der Waals surface area contributed by atoms with E-state index in [-0.39, 0.29) is 5.97 Å². The fourth-order valence-electron chi connectivity index (χ4n) is 1.45. The van der Waals surface area contributed by atoms with Gasteiger partial charge in [0, 0.05) is 12.4 Å². The second-order valence-electron chi connectivity index (χ2n) is 3.26. The van der Waals surface area contributed by atoms with Crippen LogP contribution in [0.1, 0.15) is 23.0 Å². The first-order valence-electron chi connectivity index (χ1n) is 4.80. The number of carbonyl (C=O) groups is 1. The molecule has 0 aliphatic heterocycles. The molecule has 0 bridgehead atoms. The van der Waals surface area contributed by atoms with Crippen molar-refractivity contribution in [1.82, 2.24) is 9.38 Å². The van der Waals surface area contributed by atoms with E-state index in [0.29, 0.717) is 5.56 Å². The molecule has 0 fully saturated rings. The van der Waals surface area contributed by atoms with Gasteiger partial charge in [-0.2, -0.15) is 0 Å². The van der Waals surface area contributed by atoms with Crippen LogP contribution >= 0.6 is 0 Å². The Kier molecular flexibility index (Phi) is 2.41. The smallest absolute Gasteiger partial charge is 0.339 e. The summed E-state index contributed by atoms with van der Waals surface area (Å²) in [6.07, 6.45) is 4.53. The summed E-state index contributed by atoms with van der Waals surface area (Å²) < 4.78 is 6.48. The third-order valence-electron chi connectivity index (χ3n) is 2.28. The number of nitrogens with zero attached hydrogens (tertiary/aromatic N) is 2. The van der Waals surface area contributed by atoms with Crippen LogP contribution in [0.15, 0.2) is 24.5 Å². The average molecular weight is 204 g/mol. The number of hydrogen-bond donors (Lipinski definition) is 0. The van der Waals surface area contributed by atoms with Gasteiger partial charge in [-0.15, -0.1) is 0 Å². The number of imidazole rings is 1. The molecule has 0 atom stereocenters. The van der Waals surface area contributed by atoms with Crippen molar-refractivity contribution in [3.63, 3.8) is 0 Å². The number of methoxy groups -OCH3 is 1. The number of fused-ring (bicyclic) bond motifs is 1. The van der Waals surface area contributed by atoms with Crippen LogP contribution in [0.5, 0.6) is 0 Å². The van der Waals surface area contributed by atoms with Crippen LogP contribution in [-0.2, 0) is 11.2 Å². The van der Waals surface area contributed by atoms with Gasteiger partial charge in [-0.3, -0.25) is 0 Å². The van der Waals surface area contributed by atoms with E-state index in [9.17, 15) is 4.79 Å². The number of ether oxygens (including phenoxy) is 1. The Hall–Kier alpha value is -1.84. The number of aromatic nitrogens is 2. The number of rotatable bonds is 2. The summed E-state index contributed by atoms with van der Waals surface area (Å²) in [5, 5.41) is 0. The summed E-state index contributed by atoms with van der Waals surface area (Å²) >= 11 is 0. The van der Waals surface area contributed by atoms with E-state index < -0.39 is 0 Å². The van der Waals surface area contributed by atoms with Gasteiger partial charge in [0.15, 0.2) is 0 Å². The minimum Gasteiger partial charge on any atom is -0.465 e. The largest absolute Gasteiger partial charge is 0.465 e. The molecular formula is C11H12N2O2. The standard InChI is InChI=1S/C11H12N2O2/c1-3-9-7-13-6-8(11(14)15-2)4-5-10(13)12-9/h4-7H,3H2,1-2H3. The zero-order valence-corrected chi connectivity index (χ0v) is 8.73. The predicted octanol–water partition coefficient (Wildman–Crippen LogP) is 1.68. The van der Waals surface area contributed by atoms with Crippen LogP contribution in [0.25, 0.3) is 5.65 Å². The van der Waals surface area contributed by atoms with Gasteiger partial charge >= 0.3 is 5.97 Å². The van der Waals surface area contributed by atoms with Gasteiger partial charge in [-0.05, 0) is 18.6 Å². The number of pyridine rings is 1. The van der Waals surface area contributed by atoms with Crippen molar-refractivity contribution in [2.24, 2.45) is 0 Å². The lowest BCUT2D eigenvalue weighted by molar-refractivity contribution is 0.0600. The van der Waals surface area contributed by atoms with E-state index in [1.807, 2.05) is 23.6 Å². The Morgan fingerprint density at radius 1 is 1.47 bits per heavy atom. The average Bonchev–Trinajstić information content (AvgIpc) is 2.69. The molecular weight excluding hydrogens is 192 g/mol. The molecule has 0 N–H and O–H groups in total. The first-order valence-corrected chi connectivity index (χ1v) is 4.80. The minimum absolute atomic E-state index is 0.330. The summed E-state index contributed by atoms with van der Waals surface area (Å²) in [6.45, 7) is 2.04. The molecule has 15 heavy (non-hydrogen) atoms. The first-order chi connectivity index (χ1) is 7.24. The molecule has 2 rings (SSSR count). The number of aryl methyl sites for hydroxylation is 1. The molecule has 0 aliphatic rings. The zero-order valence-electron chi connectivity index (χ0n) is 8.73. The van der Waals surface area contributed by atoms with E-state index >= 15 is 0 Å². The lowest BCUT2D eigenvalue weighted by atomic mass is 10.3. The van der Waals surface area contributed by atoms with Gasteiger partial charge in [0.05, 0.1) is 18.4 Å². The van der Waals surface area contributed by atoms with E-state index in [2.05, 4.69) is 9.72 Å². The molecule has 0 aromatic carbocycles. The van der Waals surface area contributed by atoms with E-state index in [4.69, 9.17) is 0 Å². The molecule has 0 saturated carbocycles. The maximum absolute atomic E-state index is 11.3. The van der Waals surface area contributed by atoms with Gasteiger partial charge < -0.3 is 9.14 Å². The van der Waals surface area contributed by atoms with Gasteiger partial charge in [0.2, 0.25) is 0 Å². The second-order valence-corrected chi connectivity index (χ2v) is 3.26. The normalized spacial score (nSPS) is 10.5. The summed E-state index contributed by atoms with van der Waals surface area (Å²) in [7, 11) is 1.37. The van der Waals surface area contributed by atoms with Crippen LogP contribution in [0.4, 0.5) is 0 Å². The molecule has 0 spiro atoms. The highest BCUT2D eigenvalue weighted by Gasteiger charge is 2.07. The van der Waals surface area contributed by atoms with Gasteiger partial charge in [0.1, 0.15) is 5.65 Å². The highest BCUT2D eigenvalue weighted by Crippen LogP contribution is 2.09. The lowest BCUT2D eigenvalue weighted by Gasteiger charge is -1.99. The SMILES string of the molecule is CCc1cn2cc(C(=O)OC)ccc2n1. The Labute approximate surface area is 87.5 Å². The van der Waals surface area contributed by atoms with E-state index in [1.54, 1.807) is 12.3 Å². The van der Waals surface area contributed by atoms with E-state index in [0.717, 1.165) is 17.8 Å². The van der Waals surface area contributed by atoms with Crippen LogP contribution in [0, 0.1) is 0 Å². The molecule has 78 valence electrons. The Bertz CT molecular complexity index is 502.